The van der Waals surface area contributed by atoms with Crippen LogP contribution in [0.3, 0.4) is 0 Å². The van der Waals surface area contributed by atoms with Crippen LogP contribution in [-0.4, -0.2) is 19.8 Å². The van der Waals surface area contributed by atoms with E-state index in [4.69, 9.17) is 0 Å². The van der Waals surface area contributed by atoms with Crippen molar-refractivity contribution in [2.45, 2.75) is 11.4 Å². The van der Waals surface area contributed by atoms with Gasteiger partial charge in [0.2, 0.25) is 0 Å². The molecular formula is C15H11F3NO3S-. The first-order valence-electron chi connectivity index (χ1n) is 6.40. The fourth-order valence-electron chi connectivity index (χ4n) is 1.99. The highest BCUT2D eigenvalue weighted by atomic mass is 32.2. The fourth-order valence-corrected chi connectivity index (χ4v) is 2.44. The van der Waals surface area contributed by atoms with Gasteiger partial charge in [-0.3, -0.25) is 0 Å². The number of benzene rings is 2. The molecule has 4 nitrogen and oxygen atoms in total. The summed E-state index contributed by atoms with van der Waals surface area (Å²) in [6.07, 6.45) is 0. The molecule has 0 bridgehead atoms. The highest BCUT2D eigenvalue weighted by molar-refractivity contribution is 7.91. The van der Waals surface area contributed by atoms with Crippen LogP contribution in [0.4, 0.5) is 13.2 Å². The molecule has 0 unspecified atom stereocenters. The van der Waals surface area contributed by atoms with E-state index < -0.39 is 27.3 Å². The second-order valence-corrected chi connectivity index (χ2v) is 6.20. The van der Waals surface area contributed by atoms with Gasteiger partial charge in [0.25, 0.3) is 0 Å². The zero-order valence-electron chi connectivity index (χ0n) is 11.6. The van der Waals surface area contributed by atoms with Crippen LogP contribution in [0, 0.1) is 0 Å². The van der Waals surface area contributed by atoms with Crippen LogP contribution in [0.2, 0.25) is 0 Å². The van der Waals surface area contributed by atoms with Gasteiger partial charge in [-0.2, -0.15) is 26.0 Å². The maximum Gasteiger partial charge on any atom is 0.518 e. The van der Waals surface area contributed by atoms with Crippen molar-refractivity contribution in [1.82, 2.24) is 0 Å². The molecule has 0 aromatic heterocycles. The minimum Gasteiger partial charge on any atom is -0.860 e. The van der Waals surface area contributed by atoms with Crippen LogP contribution in [-0.2, 0) is 10.0 Å². The molecule has 23 heavy (non-hydrogen) atoms. The van der Waals surface area contributed by atoms with Crippen LogP contribution >= 0.6 is 0 Å². The molecule has 2 rings (SSSR count). The largest absolute Gasteiger partial charge is 0.860 e. The minimum atomic E-state index is -5.88. The molecule has 0 amide bonds. The predicted octanol–water partition coefficient (Wildman–Crippen LogP) is 2.43. The number of hydrogen-bond donors (Lipinski definition) is 0. The van der Waals surface area contributed by atoms with Crippen molar-refractivity contribution in [3.05, 3.63) is 71.8 Å². The van der Waals surface area contributed by atoms with Crippen LogP contribution < -0.4 is 5.11 Å². The van der Waals surface area contributed by atoms with E-state index in [2.05, 4.69) is 4.40 Å². The zero-order valence-corrected chi connectivity index (χ0v) is 12.4. The average molecular weight is 342 g/mol. The van der Waals surface area contributed by atoms with Gasteiger partial charge in [-0.1, -0.05) is 60.7 Å². The van der Waals surface area contributed by atoms with Gasteiger partial charge in [-0.15, -0.1) is 0 Å². The molecular weight excluding hydrogens is 331 g/mol. The maximum absolute atomic E-state index is 12.4. The number of sulfonamides is 1. The first-order chi connectivity index (χ1) is 10.7. The van der Waals surface area contributed by atoms with Crippen LogP contribution in [0.5, 0.6) is 0 Å². The summed E-state index contributed by atoms with van der Waals surface area (Å²) in [7, 11) is -5.88. The summed E-state index contributed by atoms with van der Waals surface area (Å²) in [6.45, 7) is 0. The molecule has 2 aromatic rings. The van der Waals surface area contributed by atoms with Crippen LogP contribution in [0.15, 0.2) is 65.1 Å². The lowest BCUT2D eigenvalue weighted by Gasteiger charge is -2.24. The van der Waals surface area contributed by atoms with E-state index in [-0.39, 0.29) is 0 Å². The Morgan fingerprint density at radius 2 is 1.30 bits per heavy atom. The highest BCUT2D eigenvalue weighted by Gasteiger charge is 2.46. The molecule has 0 aliphatic rings. The first kappa shape index (κ1) is 17.0. The van der Waals surface area contributed by atoms with E-state index in [0.29, 0.717) is 11.1 Å². The lowest BCUT2D eigenvalue weighted by molar-refractivity contribution is -0.219. The van der Waals surface area contributed by atoms with E-state index in [1.54, 1.807) is 36.4 Å². The van der Waals surface area contributed by atoms with Gasteiger partial charge in [0, 0.05) is 5.92 Å². The number of hydrogen-bond acceptors (Lipinski definition) is 3. The first-order valence-corrected chi connectivity index (χ1v) is 7.84. The summed E-state index contributed by atoms with van der Waals surface area (Å²) in [6, 6.07) is 15.8. The fraction of sp³-hybridized carbons (Fsp3) is 0.133. The van der Waals surface area contributed by atoms with E-state index in [1.807, 2.05) is 0 Å². The minimum absolute atomic E-state index is 0.352. The van der Waals surface area contributed by atoms with Gasteiger partial charge >= 0.3 is 15.5 Å². The number of halogens is 3. The van der Waals surface area contributed by atoms with Crippen molar-refractivity contribution in [2.75, 3.05) is 0 Å². The normalized spacial score (nSPS) is 13.3. The molecule has 0 heterocycles. The molecule has 2 aromatic carbocycles. The van der Waals surface area contributed by atoms with Crippen molar-refractivity contribution in [3.8, 4) is 0 Å². The summed E-state index contributed by atoms with van der Waals surface area (Å²) < 4.78 is 62.0. The van der Waals surface area contributed by atoms with Gasteiger partial charge in [0.15, 0.2) is 0 Å². The van der Waals surface area contributed by atoms with Gasteiger partial charge in [-0.25, -0.2) is 0 Å². The summed E-state index contributed by atoms with van der Waals surface area (Å²) in [5.41, 5.74) is -4.91. The van der Waals surface area contributed by atoms with E-state index in [9.17, 15) is 26.7 Å². The third kappa shape index (κ3) is 3.89. The lowest BCUT2D eigenvalue weighted by Crippen LogP contribution is -2.31. The van der Waals surface area contributed by atoms with Crippen LogP contribution in [0.1, 0.15) is 17.0 Å². The number of alkyl halides is 3. The number of rotatable bonds is 4. The van der Waals surface area contributed by atoms with E-state index >= 15 is 0 Å². The monoisotopic (exact) mass is 342 g/mol. The molecule has 8 heteroatoms. The Labute approximate surface area is 131 Å². The second-order valence-electron chi connectivity index (χ2n) is 4.60. The van der Waals surface area contributed by atoms with Crippen molar-refractivity contribution in [3.63, 3.8) is 0 Å². The Morgan fingerprint density at radius 3 is 1.65 bits per heavy atom. The third-order valence-electron chi connectivity index (χ3n) is 3.02. The van der Waals surface area contributed by atoms with Crippen molar-refractivity contribution in [2.24, 2.45) is 4.40 Å². The Hall–Kier alpha value is -2.35. The van der Waals surface area contributed by atoms with E-state index in [0.717, 1.165) is 0 Å². The SMILES string of the molecule is O=S(=O)(/N=C(\[O-])C(c1ccccc1)c1ccccc1)C(F)(F)F. The predicted molar refractivity (Wildman–Crippen MR) is 77.1 cm³/mol. The Kier molecular flexibility index (Phi) is 4.74. The summed E-state index contributed by atoms with van der Waals surface area (Å²) in [5.74, 6) is -2.62. The summed E-state index contributed by atoms with van der Waals surface area (Å²) >= 11 is 0. The molecule has 0 N–H and O–H groups in total. The Balaban J connectivity index is 2.56. The molecule has 0 fully saturated rings. The molecule has 0 atom stereocenters. The zero-order chi connectivity index (χ0) is 17.1. The lowest BCUT2D eigenvalue weighted by atomic mass is 9.91. The van der Waals surface area contributed by atoms with Gasteiger partial charge in [0.1, 0.15) is 0 Å². The molecule has 0 spiro atoms. The molecule has 0 aliphatic heterocycles. The third-order valence-corrected chi connectivity index (χ3v) is 4.02. The second kappa shape index (κ2) is 6.41. The molecule has 0 aliphatic carbocycles. The van der Waals surface area contributed by atoms with Gasteiger partial charge in [0.05, 0.1) is 0 Å². The molecule has 0 radical (unpaired) electrons. The Morgan fingerprint density at radius 1 is 0.913 bits per heavy atom. The Bertz CT molecular complexity index is 748. The standard InChI is InChI=1S/C15H12F3NO3S/c16-15(17,18)23(21,22)19-14(20)13(11-7-3-1-4-8-11)12-9-5-2-6-10-12/h1-10,13H,(H,19,20)/p-1. The topological polar surface area (TPSA) is 69.6 Å². The van der Waals surface area contributed by atoms with Crippen molar-refractivity contribution in [1.29, 1.82) is 0 Å². The van der Waals surface area contributed by atoms with Gasteiger partial charge < -0.3 is 5.11 Å². The average Bonchev–Trinajstić information content (AvgIpc) is 2.48. The van der Waals surface area contributed by atoms with Crippen molar-refractivity contribution < 1.29 is 26.7 Å². The molecule has 0 saturated carbocycles. The van der Waals surface area contributed by atoms with Gasteiger partial charge in [-0.05, 0) is 17.0 Å². The van der Waals surface area contributed by atoms with E-state index in [1.165, 1.54) is 24.3 Å². The maximum atomic E-state index is 12.4. The quantitative estimate of drug-likeness (QED) is 0.633. The number of nitrogens with zero attached hydrogens (tertiary/aromatic N) is 1. The molecule has 0 saturated heterocycles. The summed E-state index contributed by atoms with van der Waals surface area (Å²) in [4.78, 5) is 0. The molecule has 122 valence electrons. The summed E-state index contributed by atoms with van der Waals surface area (Å²) in [5, 5.41) is 12.2. The highest BCUT2D eigenvalue weighted by Crippen LogP contribution is 2.28. The van der Waals surface area contributed by atoms with Crippen LogP contribution in [0.25, 0.3) is 0 Å². The van der Waals surface area contributed by atoms with Crippen molar-refractivity contribution >= 4 is 15.9 Å². The smallest absolute Gasteiger partial charge is 0.518 e.